The number of aliphatic hydroxyl groups excluding tert-OH is 1. The normalized spacial score (nSPS) is 13.5. The minimum absolute atomic E-state index is 0.0987. The van der Waals surface area contributed by atoms with Crippen molar-refractivity contribution in [1.82, 2.24) is 0 Å². The number of aliphatic hydroxyl groups is 1. The van der Waals surface area contributed by atoms with E-state index in [0.717, 1.165) is 11.5 Å². The molecule has 0 spiro atoms. The average molecular weight is 165 g/mol. The highest BCUT2D eigenvalue weighted by atomic mass is 32.2. The fraction of sp³-hybridized carbons (Fsp3) is 1.00. The van der Waals surface area contributed by atoms with Crippen LogP contribution in [0.25, 0.3) is 0 Å². The highest BCUT2D eigenvalue weighted by Gasteiger charge is 1.99. The van der Waals surface area contributed by atoms with Crippen molar-refractivity contribution >= 4 is 11.8 Å². The van der Waals surface area contributed by atoms with Gasteiger partial charge >= 0.3 is 0 Å². The Morgan fingerprint density at radius 1 is 1.70 bits per heavy atom. The Kier molecular flexibility index (Phi) is 7.51. The first-order valence-corrected chi connectivity index (χ1v) is 4.40. The van der Waals surface area contributed by atoms with Gasteiger partial charge < -0.3 is 15.6 Å². The molecule has 0 aliphatic rings. The summed E-state index contributed by atoms with van der Waals surface area (Å²) in [5.74, 6) is 1.62. The lowest BCUT2D eigenvalue weighted by Crippen LogP contribution is -2.28. The van der Waals surface area contributed by atoms with Crippen LogP contribution >= 0.6 is 11.8 Å². The molecule has 0 aliphatic heterocycles. The topological polar surface area (TPSA) is 55.5 Å². The largest absolute Gasteiger partial charge is 0.396 e. The summed E-state index contributed by atoms with van der Waals surface area (Å²) >= 11 is 1.65. The molecule has 0 aromatic rings. The number of nitrogens with two attached hydrogens (primary N) is 1. The zero-order chi connectivity index (χ0) is 7.82. The molecule has 0 bridgehead atoms. The van der Waals surface area contributed by atoms with Crippen LogP contribution in [-0.2, 0) is 4.74 Å². The third-order valence-corrected chi connectivity index (χ3v) is 2.08. The Balaban J connectivity index is 2.97. The maximum Gasteiger partial charge on any atom is 0.0621 e. The van der Waals surface area contributed by atoms with Gasteiger partial charge in [0.15, 0.2) is 0 Å². The SMILES string of the molecule is COCC(N)CSCCO. The predicted octanol–water partition coefficient (Wildman–Crippen LogP) is -0.314. The summed E-state index contributed by atoms with van der Waals surface area (Å²) in [5.41, 5.74) is 5.60. The second-order valence-electron chi connectivity index (χ2n) is 2.01. The molecule has 0 saturated carbocycles. The van der Waals surface area contributed by atoms with Crippen LogP contribution in [0.15, 0.2) is 0 Å². The second-order valence-corrected chi connectivity index (χ2v) is 3.16. The number of thioether (sulfide) groups is 1. The lowest BCUT2D eigenvalue weighted by atomic mass is 10.4. The van der Waals surface area contributed by atoms with Gasteiger partial charge in [-0.05, 0) is 0 Å². The van der Waals surface area contributed by atoms with Gasteiger partial charge in [-0.3, -0.25) is 0 Å². The Labute approximate surface area is 65.9 Å². The van der Waals surface area contributed by atoms with Crippen molar-refractivity contribution in [3.05, 3.63) is 0 Å². The predicted molar refractivity (Wildman–Crippen MR) is 44.3 cm³/mol. The maximum absolute atomic E-state index is 8.42. The third-order valence-electron chi connectivity index (χ3n) is 0.948. The molecule has 3 nitrogen and oxygen atoms in total. The monoisotopic (exact) mass is 165 g/mol. The van der Waals surface area contributed by atoms with Gasteiger partial charge in [0.05, 0.1) is 13.2 Å². The summed E-state index contributed by atoms with van der Waals surface area (Å²) in [6.07, 6.45) is 0. The van der Waals surface area contributed by atoms with Crippen LogP contribution < -0.4 is 5.73 Å². The fourth-order valence-electron chi connectivity index (χ4n) is 0.561. The average Bonchev–Trinajstić information content (AvgIpc) is 1.89. The van der Waals surface area contributed by atoms with Crippen molar-refractivity contribution in [1.29, 1.82) is 0 Å². The van der Waals surface area contributed by atoms with E-state index in [1.807, 2.05) is 0 Å². The van der Waals surface area contributed by atoms with Crippen molar-refractivity contribution in [2.24, 2.45) is 5.73 Å². The first kappa shape index (κ1) is 10.2. The highest BCUT2D eigenvalue weighted by Crippen LogP contribution is 1.99. The summed E-state index contributed by atoms with van der Waals surface area (Å²) in [4.78, 5) is 0. The molecule has 0 radical (unpaired) electrons. The smallest absolute Gasteiger partial charge is 0.0621 e. The van der Waals surface area contributed by atoms with Crippen molar-refractivity contribution in [2.75, 3.05) is 31.8 Å². The van der Waals surface area contributed by atoms with E-state index in [1.54, 1.807) is 18.9 Å². The number of hydrogen-bond donors (Lipinski definition) is 2. The molecule has 10 heavy (non-hydrogen) atoms. The molecule has 0 fully saturated rings. The second kappa shape index (κ2) is 7.34. The van der Waals surface area contributed by atoms with E-state index in [1.165, 1.54) is 0 Å². The molecule has 0 heterocycles. The van der Waals surface area contributed by atoms with Crippen LogP contribution in [0.2, 0.25) is 0 Å². The van der Waals surface area contributed by atoms with E-state index < -0.39 is 0 Å². The minimum atomic E-state index is 0.0987. The summed E-state index contributed by atoms with van der Waals surface area (Å²) in [5, 5.41) is 8.42. The Morgan fingerprint density at radius 2 is 2.40 bits per heavy atom. The molecule has 0 aromatic heterocycles. The molecular formula is C6H15NO2S. The van der Waals surface area contributed by atoms with Crippen molar-refractivity contribution in [3.63, 3.8) is 0 Å². The summed E-state index contributed by atoms with van der Waals surface area (Å²) in [7, 11) is 1.64. The van der Waals surface area contributed by atoms with Gasteiger partial charge in [-0.25, -0.2) is 0 Å². The molecule has 0 saturated heterocycles. The number of rotatable bonds is 6. The van der Waals surface area contributed by atoms with Crippen LogP contribution in [0, 0.1) is 0 Å². The molecule has 3 N–H and O–H groups in total. The first-order chi connectivity index (χ1) is 4.81. The first-order valence-electron chi connectivity index (χ1n) is 3.24. The zero-order valence-electron chi connectivity index (χ0n) is 6.25. The van der Waals surface area contributed by atoms with Crippen molar-refractivity contribution in [3.8, 4) is 0 Å². The quantitative estimate of drug-likeness (QED) is 0.530. The van der Waals surface area contributed by atoms with Gasteiger partial charge in [-0.1, -0.05) is 0 Å². The molecule has 0 aromatic carbocycles. The number of methoxy groups -OCH3 is 1. The highest BCUT2D eigenvalue weighted by molar-refractivity contribution is 7.99. The molecular weight excluding hydrogens is 150 g/mol. The van der Waals surface area contributed by atoms with Gasteiger partial charge in [-0.15, -0.1) is 0 Å². The minimum Gasteiger partial charge on any atom is -0.396 e. The van der Waals surface area contributed by atoms with Crippen molar-refractivity contribution < 1.29 is 9.84 Å². The van der Waals surface area contributed by atoms with E-state index in [0.29, 0.717) is 6.61 Å². The summed E-state index contributed by atoms with van der Waals surface area (Å²) < 4.78 is 4.83. The van der Waals surface area contributed by atoms with Crippen LogP contribution in [-0.4, -0.2) is 43.0 Å². The van der Waals surface area contributed by atoms with Gasteiger partial charge in [-0.2, -0.15) is 11.8 Å². The van der Waals surface area contributed by atoms with Crippen LogP contribution in [0.1, 0.15) is 0 Å². The van der Waals surface area contributed by atoms with E-state index in [-0.39, 0.29) is 12.6 Å². The van der Waals surface area contributed by atoms with E-state index in [9.17, 15) is 0 Å². The van der Waals surface area contributed by atoms with Crippen LogP contribution in [0.4, 0.5) is 0 Å². The van der Waals surface area contributed by atoms with Gasteiger partial charge in [0.2, 0.25) is 0 Å². The van der Waals surface area contributed by atoms with Gasteiger partial charge in [0.25, 0.3) is 0 Å². The molecule has 1 atom stereocenters. The molecule has 0 aliphatic carbocycles. The molecule has 0 amide bonds. The Morgan fingerprint density at radius 3 is 2.90 bits per heavy atom. The molecule has 4 heteroatoms. The van der Waals surface area contributed by atoms with Gasteiger partial charge in [0.1, 0.15) is 0 Å². The molecule has 1 unspecified atom stereocenters. The summed E-state index contributed by atoms with van der Waals surface area (Å²) in [6, 6.07) is 0.0987. The lowest BCUT2D eigenvalue weighted by molar-refractivity contribution is 0.186. The fourth-order valence-corrected chi connectivity index (χ4v) is 1.26. The molecule has 0 rings (SSSR count). The number of hydrogen-bond acceptors (Lipinski definition) is 4. The molecule has 62 valence electrons. The van der Waals surface area contributed by atoms with Gasteiger partial charge in [0, 0.05) is 24.7 Å². The lowest BCUT2D eigenvalue weighted by Gasteiger charge is -2.08. The van der Waals surface area contributed by atoms with Crippen LogP contribution in [0.3, 0.4) is 0 Å². The van der Waals surface area contributed by atoms with E-state index in [4.69, 9.17) is 15.6 Å². The van der Waals surface area contributed by atoms with Crippen molar-refractivity contribution in [2.45, 2.75) is 6.04 Å². The zero-order valence-corrected chi connectivity index (χ0v) is 7.06. The standard InChI is InChI=1S/C6H15NO2S/c1-9-4-6(7)5-10-3-2-8/h6,8H,2-5,7H2,1H3. The van der Waals surface area contributed by atoms with Crippen LogP contribution in [0.5, 0.6) is 0 Å². The number of ether oxygens (including phenoxy) is 1. The van der Waals surface area contributed by atoms with E-state index >= 15 is 0 Å². The maximum atomic E-state index is 8.42. The Bertz CT molecular complexity index is 72.8. The van der Waals surface area contributed by atoms with E-state index in [2.05, 4.69) is 0 Å². The summed E-state index contributed by atoms with van der Waals surface area (Å²) in [6.45, 7) is 0.822. The Hall–Kier alpha value is 0.230. The third kappa shape index (κ3) is 6.35.